The Labute approximate surface area is 114 Å². The number of carbonyl (C=O) groups excluding carboxylic acids is 2. The predicted molar refractivity (Wildman–Crippen MR) is 76.9 cm³/mol. The maximum atomic E-state index is 11.8. The van der Waals surface area contributed by atoms with Crippen LogP contribution in [0.15, 0.2) is 24.3 Å². The Morgan fingerprint density at radius 3 is 2.53 bits per heavy atom. The average molecular weight is 262 g/mol. The Kier molecular flexibility index (Phi) is 6.06. The van der Waals surface area contributed by atoms with Crippen LogP contribution in [0.25, 0.3) is 0 Å². The summed E-state index contributed by atoms with van der Waals surface area (Å²) in [4.78, 5) is 23.1. The second-order valence-electron chi connectivity index (χ2n) is 4.75. The summed E-state index contributed by atoms with van der Waals surface area (Å²) in [5.41, 5.74) is 1.97. The summed E-state index contributed by atoms with van der Waals surface area (Å²) in [6.45, 7) is 6.07. The lowest BCUT2D eigenvalue weighted by Gasteiger charge is -2.10. The summed E-state index contributed by atoms with van der Waals surface area (Å²) in [7, 11) is 0. The van der Waals surface area contributed by atoms with Crippen LogP contribution in [0.5, 0.6) is 0 Å². The van der Waals surface area contributed by atoms with Gasteiger partial charge in [-0.1, -0.05) is 39.0 Å². The molecular formula is C15H22N2O2. The standard InChI is InChI=1S/C15H22N2O2/c1-4-12-7-5-6-8-13(12)17-14(18)9-10-16-15(19)11(2)3/h5-8,11H,4,9-10H2,1-3H3,(H,16,19)(H,17,18). The van der Waals surface area contributed by atoms with Gasteiger partial charge in [0.15, 0.2) is 0 Å². The smallest absolute Gasteiger partial charge is 0.226 e. The second kappa shape index (κ2) is 7.56. The van der Waals surface area contributed by atoms with E-state index in [0.29, 0.717) is 6.54 Å². The van der Waals surface area contributed by atoms with E-state index in [1.807, 2.05) is 45.0 Å². The zero-order valence-electron chi connectivity index (χ0n) is 11.8. The van der Waals surface area contributed by atoms with Gasteiger partial charge in [0.1, 0.15) is 0 Å². The van der Waals surface area contributed by atoms with Gasteiger partial charge in [0.05, 0.1) is 0 Å². The van der Waals surface area contributed by atoms with Gasteiger partial charge in [-0.15, -0.1) is 0 Å². The number of benzene rings is 1. The molecule has 0 unspecified atom stereocenters. The molecule has 19 heavy (non-hydrogen) atoms. The number of hydrogen-bond acceptors (Lipinski definition) is 2. The Hall–Kier alpha value is -1.84. The minimum atomic E-state index is -0.0787. The van der Waals surface area contributed by atoms with Crippen molar-refractivity contribution in [3.05, 3.63) is 29.8 Å². The van der Waals surface area contributed by atoms with Crippen LogP contribution in [0, 0.1) is 5.92 Å². The maximum Gasteiger partial charge on any atom is 0.226 e. The molecule has 1 aromatic carbocycles. The van der Waals surface area contributed by atoms with E-state index >= 15 is 0 Å². The molecule has 0 radical (unpaired) electrons. The molecule has 0 bridgehead atoms. The number of carbonyl (C=O) groups is 2. The SMILES string of the molecule is CCc1ccccc1NC(=O)CCNC(=O)C(C)C. The average Bonchev–Trinajstić information content (AvgIpc) is 2.39. The Morgan fingerprint density at radius 2 is 1.89 bits per heavy atom. The number of rotatable bonds is 6. The van der Waals surface area contributed by atoms with Crippen LogP contribution in [-0.2, 0) is 16.0 Å². The molecule has 2 N–H and O–H groups in total. The first-order valence-corrected chi connectivity index (χ1v) is 6.70. The van der Waals surface area contributed by atoms with E-state index in [9.17, 15) is 9.59 Å². The highest BCUT2D eigenvalue weighted by Crippen LogP contribution is 2.15. The van der Waals surface area contributed by atoms with Gasteiger partial charge < -0.3 is 10.6 Å². The minimum Gasteiger partial charge on any atom is -0.355 e. The normalized spacial score (nSPS) is 10.3. The third-order valence-electron chi connectivity index (χ3n) is 2.85. The molecule has 4 nitrogen and oxygen atoms in total. The highest BCUT2D eigenvalue weighted by molar-refractivity contribution is 5.92. The maximum absolute atomic E-state index is 11.8. The minimum absolute atomic E-state index is 0.0261. The number of amides is 2. The summed E-state index contributed by atoms with van der Waals surface area (Å²) in [5.74, 6) is -0.157. The molecule has 0 aromatic heterocycles. The van der Waals surface area contributed by atoms with E-state index in [4.69, 9.17) is 0 Å². The molecular weight excluding hydrogens is 240 g/mol. The Balaban J connectivity index is 2.41. The fourth-order valence-electron chi connectivity index (χ4n) is 1.67. The van der Waals surface area contributed by atoms with Crippen molar-refractivity contribution >= 4 is 17.5 Å². The van der Waals surface area contributed by atoms with Gasteiger partial charge in [0.2, 0.25) is 11.8 Å². The van der Waals surface area contributed by atoms with E-state index in [-0.39, 0.29) is 24.2 Å². The number of anilines is 1. The molecule has 1 rings (SSSR count). The summed E-state index contributed by atoms with van der Waals surface area (Å²) in [5, 5.41) is 5.60. The fraction of sp³-hybridized carbons (Fsp3) is 0.467. The van der Waals surface area contributed by atoms with Gasteiger partial charge in [-0.05, 0) is 18.1 Å². The van der Waals surface area contributed by atoms with E-state index in [0.717, 1.165) is 17.7 Å². The van der Waals surface area contributed by atoms with E-state index < -0.39 is 0 Å². The summed E-state index contributed by atoms with van der Waals surface area (Å²) in [6.07, 6.45) is 1.16. The molecule has 2 amide bonds. The quantitative estimate of drug-likeness (QED) is 0.826. The number of para-hydroxylation sites is 1. The summed E-state index contributed by atoms with van der Waals surface area (Å²) < 4.78 is 0. The first kappa shape index (κ1) is 15.2. The first-order chi connectivity index (χ1) is 9.04. The molecule has 0 aliphatic rings. The molecule has 4 heteroatoms. The topological polar surface area (TPSA) is 58.2 Å². The van der Waals surface area contributed by atoms with Gasteiger partial charge in [-0.3, -0.25) is 9.59 Å². The third-order valence-corrected chi connectivity index (χ3v) is 2.85. The van der Waals surface area contributed by atoms with Gasteiger partial charge in [0, 0.05) is 24.6 Å². The van der Waals surface area contributed by atoms with Crippen LogP contribution in [0.1, 0.15) is 32.8 Å². The van der Waals surface area contributed by atoms with Crippen molar-refractivity contribution in [2.45, 2.75) is 33.6 Å². The van der Waals surface area contributed by atoms with Gasteiger partial charge >= 0.3 is 0 Å². The highest BCUT2D eigenvalue weighted by Gasteiger charge is 2.08. The number of nitrogens with one attached hydrogen (secondary N) is 2. The molecule has 0 heterocycles. The molecule has 0 fully saturated rings. The van der Waals surface area contributed by atoms with E-state index in [1.54, 1.807) is 0 Å². The van der Waals surface area contributed by atoms with Crippen molar-refractivity contribution in [1.29, 1.82) is 0 Å². The molecule has 0 saturated heterocycles. The van der Waals surface area contributed by atoms with Gasteiger partial charge in [-0.2, -0.15) is 0 Å². The van der Waals surface area contributed by atoms with Crippen molar-refractivity contribution in [3.8, 4) is 0 Å². The zero-order chi connectivity index (χ0) is 14.3. The van der Waals surface area contributed by atoms with Crippen molar-refractivity contribution in [2.75, 3.05) is 11.9 Å². The van der Waals surface area contributed by atoms with Crippen LogP contribution in [0.4, 0.5) is 5.69 Å². The van der Waals surface area contributed by atoms with E-state index in [1.165, 1.54) is 0 Å². The molecule has 0 atom stereocenters. The molecule has 104 valence electrons. The fourth-order valence-corrected chi connectivity index (χ4v) is 1.67. The summed E-state index contributed by atoms with van der Waals surface area (Å²) >= 11 is 0. The Morgan fingerprint density at radius 1 is 1.21 bits per heavy atom. The first-order valence-electron chi connectivity index (χ1n) is 6.70. The van der Waals surface area contributed by atoms with Crippen LogP contribution in [0.2, 0.25) is 0 Å². The zero-order valence-corrected chi connectivity index (χ0v) is 11.8. The van der Waals surface area contributed by atoms with Crippen LogP contribution >= 0.6 is 0 Å². The van der Waals surface area contributed by atoms with Crippen molar-refractivity contribution in [3.63, 3.8) is 0 Å². The van der Waals surface area contributed by atoms with E-state index in [2.05, 4.69) is 10.6 Å². The number of hydrogen-bond donors (Lipinski definition) is 2. The third kappa shape index (κ3) is 5.12. The van der Waals surface area contributed by atoms with Crippen LogP contribution < -0.4 is 10.6 Å². The van der Waals surface area contributed by atoms with Crippen molar-refractivity contribution in [2.24, 2.45) is 5.92 Å². The molecule has 0 spiro atoms. The van der Waals surface area contributed by atoms with Crippen LogP contribution in [-0.4, -0.2) is 18.4 Å². The largest absolute Gasteiger partial charge is 0.355 e. The second-order valence-corrected chi connectivity index (χ2v) is 4.75. The molecule has 0 aliphatic carbocycles. The predicted octanol–water partition coefficient (Wildman–Crippen LogP) is 2.35. The monoisotopic (exact) mass is 262 g/mol. The Bertz CT molecular complexity index is 442. The summed E-state index contributed by atoms with van der Waals surface area (Å²) in [6, 6.07) is 7.74. The molecule has 0 aliphatic heterocycles. The van der Waals surface area contributed by atoms with Crippen LogP contribution in [0.3, 0.4) is 0 Å². The van der Waals surface area contributed by atoms with Gasteiger partial charge in [-0.25, -0.2) is 0 Å². The highest BCUT2D eigenvalue weighted by atomic mass is 16.2. The van der Waals surface area contributed by atoms with Crippen molar-refractivity contribution in [1.82, 2.24) is 5.32 Å². The number of aryl methyl sites for hydroxylation is 1. The van der Waals surface area contributed by atoms with Crippen molar-refractivity contribution < 1.29 is 9.59 Å². The molecule has 1 aromatic rings. The lowest BCUT2D eigenvalue weighted by molar-refractivity contribution is -0.124. The lowest BCUT2D eigenvalue weighted by Crippen LogP contribution is -2.30. The molecule has 0 saturated carbocycles. The lowest BCUT2D eigenvalue weighted by atomic mass is 10.1. The van der Waals surface area contributed by atoms with Gasteiger partial charge in [0.25, 0.3) is 0 Å².